The second-order valence-corrected chi connectivity index (χ2v) is 8.39. The van der Waals surface area contributed by atoms with Crippen LogP contribution in [-0.4, -0.2) is 42.7 Å². The number of halogens is 1. The molecule has 0 aliphatic rings. The molecule has 0 unspecified atom stereocenters. The van der Waals surface area contributed by atoms with Crippen LogP contribution in [0.3, 0.4) is 0 Å². The standard InChI is InChI=1S/C18H16ClN5O3S/c1-24(28(25,26)11-7-8-16(27-2)12(19)9-11)17-10-15(22-23-17)18-20-13-5-3-4-6-14(13)21-18/h3-10H,1-2H3,(H,20,21)(H,22,23). The number of anilines is 1. The topological polar surface area (TPSA) is 104 Å². The molecule has 2 aromatic carbocycles. The van der Waals surface area contributed by atoms with Crippen molar-refractivity contribution < 1.29 is 13.2 Å². The monoisotopic (exact) mass is 417 g/mol. The molecule has 2 N–H and O–H groups in total. The van der Waals surface area contributed by atoms with Crippen LogP contribution < -0.4 is 9.04 Å². The van der Waals surface area contributed by atoms with Gasteiger partial charge in [0.2, 0.25) is 0 Å². The Morgan fingerprint density at radius 3 is 2.64 bits per heavy atom. The summed E-state index contributed by atoms with van der Waals surface area (Å²) in [7, 11) is -0.967. The Morgan fingerprint density at radius 2 is 1.93 bits per heavy atom. The van der Waals surface area contributed by atoms with Crippen molar-refractivity contribution in [2.75, 3.05) is 18.5 Å². The first-order valence-electron chi connectivity index (χ1n) is 8.23. The average Bonchev–Trinajstić information content (AvgIpc) is 3.34. The van der Waals surface area contributed by atoms with Gasteiger partial charge in [-0.2, -0.15) is 5.10 Å². The van der Waals surface area contributed by atoms with E-state index in [1.165, 1.54) is 32.4 Å². The molecule has 0 saturated carbocycles. The maximum atomic E-state index is 12.9. The molecule has 0 fully saturated rings. The minimum absolute atomic E-state index is 0.0362. The number of H-pyrrole nitrogens is 2. The second-order valence-electron chi connectivity index (χ2n) is 6.01. The Morgan fingerprint density at radius 1 is 1.14 bits per heavy atom. The van der Waals surface area contributed by atoms with Gasteiger partial charge in [0.15, 0.2) is 11.6 Å². The molecule has 0 amide bonds. The molecule has 4 aromatic rings. The second kappa shape index (κ2) is 6.84. The van der Waals surface area contributed by atoms with E-state index in [1.54, 1.807) is 6.07 Å². The van der Waals surface area contributed by atoms with Crippen molar-refractivity contribution in [2.45, 2.75) is 4.90 Å². The summed E-state index contributed by atoms with van der Waals surface area (Å²) >= 11 is 6.07. The van der Waals surface area contributed by atoms with Gasteiger partial charge in [-0.1, -0.05) is 23.7 Å². The number of fused-ring (bicyclic) bond motifs is 1. The van der Waals surface area contributed by atoms with Crippen LogP contribution in [0, 0.1) is 0 Å². The lowest BCUT2D eigenvalue weighted by Gasteiger charge is -2.17. The predicted octanol–water partition coefficient (Wildman–Crippen LogP) is 3.44. The highest BCUT2D eigenvalue weighted by Crippen LogP contribution is 2.30. The summed E-state index contributed by atoms with van der Waals surface area (Å²) < 4.78 is 32.0. The van der Waals surface area contributed by atoms with Gasteiger partial charge in [0.1, 0.15) is 11.4 Å². The molecule has 0 bridgehead atoms. The number of imidazole rings is 1. The number of nitrogens with zero attached hydrogens (tertiary/aromatic N) is 3. The van der Waals surface area contributed by atoms with Crippen LogP contribution >= 0.6 is 11.6 Å². The summed E-state index contributed by atoms with van der Waals surface area (Å²) in [6.07, 6.45) is 0. The van der Waals surface area contributed by atoms with Crippen molar-refractivity contribution in [3.05, 3.63) is 53.6 Å². The third-order valence-electron chi connectivity index (χ3n) is 4.31. The van der Waals surface area contributed by atoms with Gasteiger partial charge in [0.25, 0.3) is 10.0 Å². The van der Waals surface area contributed by atoms with Crippen molar-refractivity contribution in [1.29, 1.82) is 0 Å². The molecule has 144 valence electrons. The Balaban J connectivity index is 1.66. The van der Waals surface area contributed by atoms with Gasteiger partial charge >= 0.3 is 0 Å². The smallest absolute Gasteiger partial charge is 0.265 e. The molecule has 0 saturated heterocycles. The molecule has 4 rings (SSSR count). The maximum absolute atomic E-state index is 12.9. The zero-order chi connectivity index (χ0) is 19.9. The van der Waals surface area contributed by atoms with Gasteiger partial charge in [-0.15, -0.1) is 0 Å². The van der Waals surface area contributed by atoms with Crippen LogP contribution in [0.15, 0.2) is 53.4 Å². The van der Waals surface area contributed by atoms with Crippen LogP contribution in [0.5, 0.6) is 5.75 Å². The number of hydrogen-bond acceptors (Lipinski definition) is 5. The van der Waals surface area contributed by atoms with E-state index in [1.807, 2.05) is 24.3 Å². The number of nitrogens with one attached hydrogen (secondary N) is 2. The molecular formula is C18H16ClN5O3S. The highest BCUT2D eigenvalue weighted by atomic mass is 35.5. The molecule has 0 spiro atoms. The first kappa shape index (κ1) is 18.3. The summed E-state index contributed by atoms with van der Waals surface area (Å²) in [4.78, 5) is 7.69. The number of para-hydroxylation sites is 2. The van der Waals surface area contributed by atoms with Crippen LogP contribution in [0.1, 0.15) is 0 Å². The third-order valence-corrected chi connectivity index (χ3v) is 6.37. The summed E-state index contributed by atoms with van der Waals surface area (Å²) in [6.45, 7) is 0. The number of methoxy groups -OCH3 is 1. The van der Waals surface area contributed by atoms with Gasteiger partial charge in [0.05, 0.1) is 28.1 Å². The Hall–Kier alpha value is -3.04. The third kappa shape index (κ3) is 3.08. The lowest BCUT2D eigenvalue weighted by Crippen LogP contribution is -2.26. The zero-order valence-corrected chi connectivity index (χ0v) is 16.5. The Labute approximate surface area is 166 Å². The lowest BCUT2D eigenvalue weighted by molar-refractivity contribution is 0.414. The van der Waals surface area contributed by atoms with E-state index < -0.39 is 10.0 Å². The summed E-state index contributed by atoms with van der Waals surface area (Å²) in [5.41, 5.74) is 2.26. The molecule has 0 atom stereocenters. The van der Waals surface area contributed by atoms with E-state index in [2.05, 4.69) is 20.2 Å². The fourth-order valence-corrected chi connectivity index (χ4v) is 4.25. The number of ether oxygens (including phenoxy) is 1. The van der Waals surface area contributed by atoms with E-state index in [0.29, 0.717) is 17.3 Å². The first-order chi connectivity index (χ1) is 13.4. The van der Waals surface area contributed by atoms with E-state index in [4.69, 9.17) is 16.3 Å². The molecule has 10 heteroatoms. The van der Waals surface area contributed by atoms with Gasteiger partial charge in [-0.25, -0.2) is 13.4 Å². The highest BCUT2D eigenvalue weighted by Gasteiger charge is 2.25. The minimum atomic E-state index is -3.85. The SMILES string of the molecule is COc1ccc(S(=O)(=O)N(C)c2cc(-c3nc4ccccc4[nH]3)[nH]n2)cc1Cl. The number of sulfonamides is 1. The van der Waals surface area contributed by atoms with Crippen molar-refractivity contribution in [1.82, 2.24) is 20.2 Å². The van der Waals surface area contributed by atoms with E-state index in [0.717, 1.165) is 15.3 Å². The number of benzene rings is 2. The number of hydrogen-bond donors (Lipinski definition) is 2. The van der Waals surface area contributed by atoms with E-state index in [9.17, 15) is 8.42 Å². The van der Waals surface area contributed by atoms with Gasteiger partial charge in [-0.3, -0.25) is 9.40 Å². The lowest BCUT2D eigenvalue weighted by atomic mass is 10.3. The van der Waals surface area contributed by atoms with Crippen LogP contribution in [0.25, 0.3) is 22.6 Å². The molecule has 0 aliphatic carbocycles. The van der Waals surface area contributed by atoms with Gasteiger partial charge in [-0.05, 0) is 30.3 Å². The number of rotatable bonds is 5. The van der Waals surface area contributed by atoms with Gasteiger partial charge in [0, 0.05) is 13.1 Å². The van der Waals surface area contributed by atoms with Crippen molar-refractivity contribution in [2.24, 2.45) is 0 Å². The predicted molar refractivity (Wildman–Crippen MR) is 107 cm³/mol. The van der Waals surface area contributed by atoms with Crippen LogP contribution in [-0.2, 0) is 10.0 Å². The van der Waals surface area contributed by atoms with Crippen molar-refractivity contribution in [3.8, 4) is 17.3 Å². The minimum Gasteiger partial charge on any atom is -0.495 e. The normalized spacial score (nSPS) is 11.7. The zero-order valence-electron chi connectivity index (χ0n) is 15.0. The Bertz CT molecular complexity index is 1230. The average molecular weight is 418 g/mol. The quantitative estimate of drug-likeness (QED) is 0.517. The highest BCUT2D eigenvalue weighted by molar-refractivity contribution is 7.92. The van der Waals surface area contributed by atoms with E-state index >= 15 is 0 Å². The molecular weight excluding hydrogens is 402 g/mol. The molecule has 2 heterocycles. The summed E-state index contributed by atoms with van der Waals surface area (Å²) in [6, 6.07) is 13.5. The van der Waals surface area contributed by atoms with E-state index in [-0.39, 0.29) is 15.7 Å². The first-order valence-corrected chi connectivity index (χ1v) is 10.0. The molecule has 8 nitrogen and oxygen atoms in total. The largest absolute Gasteiger partial charge is 0.495 e. The molecule has 28 heavy (non-hydrogen) atoms. The maximum Gasteiger partial charge on any atom is 0.265 e. The fourth-order valence-electron chi connectivity index (χ4n) is 2.76. The molecule has 0 radical (unpaired) electrons. The molecule has 2 aromatic heterocycles. The molecule has 0 aliphatic heterocycles. The number of aromatic nitrogens is 4. The summed E-state index contributed by atoms with van der Waals surface area (Å²) in [5.74, 6) is 1.19. The van der Waals surface area contributed by atoms with Crippen LogP contribution in [0.2, 0.25) is 5.02 Å². The van der Waals surface area contributed by atoms with Crippen molar-refractivity contribution in [3.63, 3.8) is 0 Å². The Kier molecular flexibility index (Phi) is 4.48. The van der Waals surface area contributed by atoms with Crippen molar-refractivity contribution >= 4 is 38.5 Å². The van der Waals surface area contributed by atoms with Crippen LogP contribution in [0.4, 0.5) is 5.82 Å². The summed E-state index contributed by atoms with van der Waals surface area (Å²) in [5, 5.41) is 7.15. The number of aromatic amines is 2. The van der Waals surface area contributed by atoms with Gasteiger partial charge < -0.3 is 9.72 Å². The fraction of sp³-hybridized carbons (Fsp3) is 0.111.